The molecule has 1 saturated heterocycles. The summed E-state index contributed by atoms with van der Waals surface area (Å²) in [5.74, 6) is -0.581. The van der Waals surface area contributed by atoms with Crippen LogP contribution >= 0.6 is 0 Å². The molecule has 134 valence electrons. The van der Waals surface area contributed by atoms with Crippen LogP contribution in [0.15, 0.2) is 42.7 Å². The van der Waals surface area contributed by atoms with Crippen LogP contribution in [-0.2, 0) is 11.3 Å². The van der Waals surface area contributed by atoms with E-state index in [0.717, 1.165) is 19.5 Å². The summed E-state index contributed by atoms with van der Waals surface area (Å²) < 4.78 is 41.5. The van der Waals surface area contributed by atoms with Gasteiger partial charge < -0.3 is 9.47 Å². The molecule has 0 spiro atoms. The highest BCUT2D eigenvalue weighted by molar-refractivity contribution is 5.84. The molecule has 7 heteroatoms. The number of benzene rings is 1. The fraction of sp³-hybridized carbons (Fsp3) is 0.263. The molecule has 3 aromatic rings. The van der Waals surface area contributed by atoms with Gasteiger partial charge in [-0.1, -0.05) is 18.2 Å². The maximum atomic E-state index is 14.2. The van der Waals surface area contributed by atoms with Gasteiger partial charge in [0.25, 0.3) is 6.43 Å². The van der Waals surface area contributed by atoms with Gasteiger partial charge in [0.05, 0.1) is 5.52 Å². The Balaban J connectivity index is 1.72. The SMILES string of the molecule is O=C(Cn1cc(F)c2ncc(-c3cccc(C(F)F)c3)cc21)N1CCC1. The first kappa shape index (κ1) is 16.6. The molecule has 4 nitrogen and oxygen atoms in total. The van der Waals surface area contributed by atoms with E-state index < -0.39 is 12.2 Å². The molecule has 1 aliphatic rings. The third-order valence-corrected chi connectivity index (χ3v) is 4.66. The third-order valence-electron chi connectivity index (χ3n) is 4.66. The first-order chi connectivity index (χ1) is 12.5. The molecule has 1 aromatic carbocycles. The maximum Gasteiger partial charge on any atom is 0.263 e. The molecular formula is C19H16F3N3O. The van der Waals surface area contributed by atoms with E-state index in [9.17, 15) is 18.0 Å². The summed E-state index contributed by atoms with van der Waals surface area (Å²) in [6.45, 7) is 1.48. The van der Waals surface area contributed by atoms with Crippen molar-refractivity contribution in [1.82, 2.24) is 14.5 Å². The zero-order valence-corrected chi connectivity index (χ0v) is 13.8. The van der Waals surface area contributed by atoms with E-state index in [4.69, 9.17) is 0 Å². The first-order valence-electron chi connectivity index (χ1n) is 8.33. The minimum Gasteiger partial charge on any atom is -0.341 e. The molecule has 0 atom stereocenters. The molecule has 1 fully saturated rings. The molecule has 1 amide bonds. The number of likely N-dealkylation sites (tertiary alicyclic amines) is 1. The lowest BCUT2D eigenvalue weighted by Crippen LogP contribution is -2.43. The number of pyridine rings is 1. The standard InChI is InChI=1S/C19H16F3N3O/c20-15-10-25(11-17(26)24-5-2-6-24)16-8-14(9-23-18(15)16)12-3-1-4-13(7-12)19(21)22/h1,3-4,7-10,19H,2,5-6,11H2. The molecule has 4 rings (SSSR count). The molecule has 0 radical (unpaired) electrons. The number of aromatic nitrogens is 2. The lowest BCUT2D eigenvalue weighted by molar-refractivity contribution is -0.135. The van der Waals surface area contributed by atoms with Crippen molar-refractivity contribution in [3.05, 3.63) is 54.1 Å². The summed E-state index contributed by atoms with van der Waals surface area (Å²) in [4.78, 5) is 18.0. The van der Waals surface area contributed by atoms with Gasteiger partial charge in [-0.3, -0.25) is 9.78 Å². The molecule has 1 aliphatic heterocycles. The summed E-state index contributed by atoms with van der Waals surface area (Å²) >= 11 is 0. The van der Waals surface area contributed by atoms with Crippen LogP contribution in [0.5, 0.6) is 0 Å². The minimum atomic E-state index is -2.57. The average molecular weight is 359 g/mol. The second kappa shape index (κ2) is 6.48. The predicted octanol–water partition coefficient (Wildman–Crippen LogP) is 4.01. The van der Waals surface area contributed by atoms with Crippen LogP contribution in [0.1, 0.15) is 18.4 Å². The average Bonchev–Trinajstić information content (AvgIpc) is 2.88. The van der Waals surface area contributed by atoms with Crippen molar-refractivity contribution in [2.24, 2.45) is 0 Å². The van der Waals surface area contributed by atoms with Crippen LogP contribution in [0.4, 0.5) is 13.2 Å². The lowest BCUT2D eigenvalue weighted by Gasteiger charge is -2.31. The fourth-order valence-electron chi connectivity index (χ4n) is 3.08. The van der Waals surface area contributed by atoms with E-state index >= 15 is 0 Å². The second-order valence-corrected chi connectivity index (χ2v) is 6.36. The van der Waals surface area contributed by atoms with Crippen molar-refractivity contribution in [3.8, 4) is 11.1 Å². The highest BCUT2D eigenvalue weighted by Crippen LogP contribution is 2.28. The number of nitrogens with zero attached hydrogens (tertiary/aromatic N) is 3. The minimum absolute atomic E-state index is 0.0304. The van der Waals surface area contributed by atoms with E-state index in [1.165, 1.54) is 29.1 Å². The van der Waals surface area contributed by atoms with E-state index in [0.29, 0.717) is 16.6 Å². The Kier molecular flexibility index (Phi) is 4.14. The number of halogens is 3. The Hall–Kier alpha value is -2.83. The van der Waals surface area contributed by atoms with Gasteiger partial charge in [-0.05, 0) is 24.1 Å². The van der Waals surface area contributed by atoms with Crippen LogP contribution in [0.2, 0.25) is 0 Å². The molecule has 0 unspecified atom stereocenters. The number of amides is 1. The van der Waals surface area contributed by atoms with Gasteiger partial charge in [0, 0.05) is 36.6 Å². The molecule has 0 saturated carbocycles. The van der Waals surface area contributed by atoms with Gasteiger partial charge in [0.1, 0.15) is 12.1 Å². The highest BCUT2D eigenvalue weighted by atomic mass is 19.3. The molecule has 3 heterocycles. The Morgan fingerprint density at radius 3 is 2.69 bits per heavy atom. The molecule has 26 heavy (non-hydrogen) atoms. The number of hydrogen-bond donors (Lipinski definition) is 0. The topological polar surface area (TPSA) is 38.1 Å². The van der Waals surface area contributed by atoms with Crippen molar-refractivity contribution in [3.63, 3.8) is 0 Å². The Morgan fingerprint density at radius 2 is 2.00 bits per heavy atom. The molecular weight excluding hydrogens is 343 g/mol. The van der Waals surface area contributed by atoms with Gasteiger partial charge in [-0.15, -0.1) is 0 Å². The van der Waals surface area contributed by atoms with Crippen molar-refractivity contribution < 1.29 is 18.0 Å². The zero-order valence-electron chi connectivity index (χ0n) is 13.8. The first-order valence-corrected chi connectivity index (χ1v) is 8.33. The van der Waals surface area contributed by atoms with E-state index in [-0.39, 0.29) is 23.5 Å². The summed E-state index contributed by atoms with van der Waals surface area (Å²) in [7, 11) is 0. The number of carbonyl (C=O) groups excluding carboxylic acids is 1. The van der Waals surface area contributed by atoms with Crippen molar-refractivity contribution in [1.29, 1.82) is 0 Å². The van der Waals surface area contributed by atoms with Gasteiger partial charge in [0.15, 0.2) is 5.82 Å². The van der Waals surface area contributed by atoms with Gasteiger partial charge >= 0.3 is 0 Å². The largest absolute Gasteiger partial charge is 0.341 e. The maximum absolute atomic E-state index is 14.2. The molecule has 0 bridgehead atoms. The van der Waals surface area contributed by atoms with Crippen molar-refractivity contribution >= 4 is 16.9 Å². The van der Waals surface area contributed by atoms with E-state index in [1.807, 2.05) is 0 Å². The number of alkyl halides is 2. The number of carbonyl (C=O) groups is 1. The number of rotatable bonds is 4. The summed E-state index contributed by atoms with van der Waals surface area (Å²) in [5, 5.41) is 0. The zero-order chi connectivity index (χ0) is 18.3. The van der Waals surface area contributed by atoms with Gasteiger partial charge in [-0.2, -0.15) is 0 Å². The quantitative estimate of drug-likeness (QED) is 0.706. The number of hydrogen-bond acceptors (Lipinski definition) is 2. The van der Waals surface area contributed by atoms with Crippen LogP contribution in [0, 0.1) is 5.82 Å². The Morgan fingerprint density at radius 1 is 1.19 bits per heavy atom. The normalized spacial score (nSPS) is 14.1. The summed E-state index contributed by atoms with van der Waals surface area (Å²) in [6, 6.07) is 7.67. The van der Waals surface area contributed by atoms with Gasteiger partial charge in [-0.25, -0.2) is 13.2 Å². The van der Waals surface area contributed by atoms with Crippen LogP contribution < -0.4 is 0 Å². The molecule has 0 N–H and O–H groups in total. The Labute approximate surface area is 147 Å². The second-order valence-electron chi connectivity index (χ2n) is 6.36. The van der Waals surface area contributed by atoms with Crippen LogP contribution in [0.25, 0.3) is 22.2 Å². The number of fused-ring (bicyclic) bond motifs is 1. The smallest absolute Gasteiger partial charge is 0.263 e. The Bertz CT molecular complexity index is 979. The van der Waals surface area contributed by atoms with Crippen molar-refractivity contribution in [2.75, 3.05) is 13.1 Å². The van der Waals surface area contributed by atoms with E-state index in [1.54, 1.807) is 23.1 Å². The summed E-state index contributed by atoms with van der Waals surface area (Å²) in [6.07, 6.45) is 1.13. The van der Waals surface area contributed by atoms with Crippen LogP contribution in [0.3, 0.4) is 0 Å². The predicted molar refractivity (Wildman–Crippen MR) is 91.3 cm³/mol. The van der Waals surface area contributed by atoms with Crippen molar-refractivity contribution in [2.45, 2.75) is 19.4 Å². The monoisotopic (exact) mass is 359 g/mol. The van der Waals surface area contributed by atoms with Gasteiger partial charge in [0.2, 0.25) is 5.91 Å². The van der Waals surface area contributed by atoms with E-state index in [2.05, 4.69) is 4.98 Å². The fourth-order valence-corrected chi connectivity index (χ4v) is 3.08. The lowest BCUT2D eigenvalue weighted by atomic mass is 10.0. The van der Waals surface area contributed by atoms with Crippen LogP contribution in [-0.4, -0.2) is 33.4 Å². The molecule has 2 aromatic heterocycles. The third kappa shape index (κ3) is 2.94. The highest BCUT2D eigenvalue weighted by Gasteiger charge is 2.22. The summed E-state index contributed by atoms with van der Waals surface area (Å²) in [5.41, 5.74) is 1.71. The molecule has 0 aliphatic carbocycles.